The number of piperidine rings is 1. The molecular weight excluding hydrogens is 405 g/mol. The van der Waals surface area contributed by atoms with E-state index in [-0.39, 0.29) is 5.82 Å². The minimum absolute atomic E-state index is 0.0907. The molecule has 7 heteroatoms. The number of likely N-dealkylation sites (tertiary alicyclic amines) is 2. The lowest BCUT2D eigenvalue weighted by atomic mass is 9.96. The zero-order valence-electron chi connectivity index (χ0n) is 19.6. The third-order valence-corrected chi connectivity index (χ3v) is 7.10. The minimum Gasteiger partial charge on any atom is -0.379 e. The molecule has 32 heavy (non-hydrogen) atoms. The third kappa shape index (κ3) is 6.65. The summed E-state index contributed by atoms with van der Waals surface area (Å²) in [6.07, 6.45) is 3.52. The first kappa shape index (κ1) is 23.5. The number of halogens is 1. The first-order chi connectivity index (χ1) is 15.7. The summed E-state index contributed by atoms with van der Waals surface area (Å²) in [5.74, 6) is 2.34. The Morgan fingerprint density at radius 2 is 1.78 bits per heavy atom. The van der Waals surface area contributed by atoms with Crippen molar-refractivity contribution in [2.45, 2.75) is 32.7 Å². The second kappa shape index (κ2) is 12.0. The molecule has 178 valence electrons. The van der Waals surface area contributed by atoms with Gasteiger partial charge < -0.3 is 15.0 Å². The van der Waals surface area contributed by atoms with Gasteiger partial charge in [-0.05, 0) is 57.2 Å². The number of morpholine rings is 1. The Balaban J connectivity index is 1.22. The van der Waals surface area contributed by atoms with Gasteiger partial charge in [0.2, 0.25) is 0 Å². The number of hydrogen-bond acceptors (Lipinski definition) is 4. The van der Waals surface area contributed by atoms with E-state index in [1.165, 1.54) is 13.0 Å². The summed E-state index contributed by atoms with van der Waals surface area (Å²) in [4.78, 5) is 12.4. The highest BCUT2D eigenvalue weighted by molar-refractivity contribution is 5.80. The summed E-state index contributed by atoms with van der Waals surface area (Å²) in [6.45, 7) is 14.0. The number of rotatable bonds is 7. The van der Waals surface area contributed by atoms with E-state index in [2.05, 4.69) is 26.9 Å². The van der Waals surface area contributed by atoms with Crippen LogP contribution in [-0.4, -0.2) is 92.8 Å². The standard InChI is InChI=1S/C25H40FN5O/c1-2-27-25(31-12-9-22(19-31)18-30-13-15-32-16-14-30)28-17-21-7-10-29(11-8-21)20-23-5-3-4-6-24(23)26/h3-6,21-22H,2,7-20H2,1H3,(H,27,28). The Bertz CT molecular complexity index is 731. The molecule has 0 spiro atoms. The minimum atomic E-state index is -0.0907. The van der Waals surface area contributed by atoms with Crippen LogP contribution in [0.15, 0.2) is 29.3 Å². The van der Waals surface area contributed by atoms with Gasteiger partial charge in [0.25, 0.3) is 0 Å². The molecule has 0 saturated carbocycles. The average Bonchev–Trinajstić information content (AvgIpc) is 3.28. The summed E-state index contributed by atoms with van der Waals surface area (Å²) in [5, 5.41) is 3.53. The molecule has 3 saturated heterocycles. The monoisotopic (exact) mass is 445 g/mol. The largest absolute Gasteiger partial charge is 0.379 e. The van der Waals surface area contributed by atoms with Gasteiger partial charge >= 0.3 is 0 Å². The molecule has 1 aromatic rings. The second-order valence-electron chi connectivity index (χ2n) is 9.52. The van der Waals surface area contributed by atoms with Gasteiger partial charge in [-0.25, -0.2) is 4.39 Å². The Hall–Kier alpha value is -1.70. The number of aliphatic imine (C=N–C) groups is 1. The lowest BCUT2D eigenvalue weighted by molar-refractivity contribution is 0.0315. The van der Waals surface area contributed by atoms with E-state index in [9.17, 15) is 4.39 Å². The van der Waals surface area contributed by atoms with E-state index < -0.39 is 0 Å². The molecule has 3 heterocycles. The van der Waals surface area contributed by atoms with E-state index in [0.717, 1.165) is 95.9 Å². The molecule has 0 aliphatic carbocycles. The van der Waals surface area contributed by atoms with Crippen LogP contribution in [0, 0.1) is 17.7 Å². The lowest BCUT2D eigenvalue weighted by Crippen LogP contribution is -2.42. The van der Waals surface area contributed by atoms with Gasteiger partial charge in [-0.15, -0.1) is 0 Å². The van der Waals surface area contributed by atoms with Crippen LogP contribution in [0.1, 0.15) is 31.7 Å². The highest BCUT2D eigenvalue weighted by Crippen LogP contribution is 2.22. The van der Waals surface area contributed by atoms with Gasteiger partial charge in [-0.2, -0.15) is 0 Å². The van der Waals surface area contributed by atoms with Crippen molar-refractivity contribution >= 4 is 5.96 Å². The molecule has 0 radical (unpaired) electrons. The van der Waals surface area contributed by atoms with Crippen LogP contribution < -0.4 is 5.32 Å². The fourth-order valence-electron chi connectivity index (χ4n) is 5.16. The van der Waals surface area contributed by atoms with Gasteiger partial charge in [0.1, 0.15) is 5.82 Å². The highest BCUT2D eigenvalue weighted by atomic mass is 19.1. The second-order valence-corrected chi connectivity index (χ2v) is 9.52. The molecular formula is C25H40FN5O. The van der Waals surface area contributed by atoms with E-state index in [1.54, 1.807) is 12.1 Å². The van der Waals surface area contributed by atoms with Crippen molar-refractivity contribution in [1.29, 1.82) is 0 Å². The summed E-state index contributed by atoms with van der Waals surface area (Å²) in [6, 6.07) is 7.14. The predicted octanol–water partition coefficient (Wildman–Crippen LogP) is 2.66. The number of benzene rings is 1. The van der Waals surface area contributed by atoms with Crippen LogP contribution in [0.25, 0.3) is 0 Å². The summed E-state index contributed by atoms with van der Waals surface area (Å²) in [7, 11) is 0. The van der Waals surface area contributed by atoms with Gasteiger partial charge in [-0.1, -0.05) is 18.2 Å². The normalized spacial score (nSPS) is 24.2. The van der Waals surface area contributed by atoms with Crippen LogP contribution in [0.3, 0.4) is 0 Å². The first-order valence-electron chi connectivity index (χ1n) is 12.5. The van der Waals surface area contributed by atoms with Gasteiger partial charge in [0.15, 0.2) is 5.96 Å². The number of nitrogens with zero attached hydrogens (tertiary/aromatic N) is 4. The molecule has 1 N–H and O–H groups in total. The zero-order chi connectivity index (χ0) is 22.2. The summed E-state index contributed by atoms with van der Waals surface area (Å²) in [5.41, 5.74) is 0.805. The van der Waals surface area contributed by atoms with Crippen molar-refractivity contribution in [2.24, 2.45) is 16.8 Å². The van der Waals surface area contributed by atoms with Crippen molar-refractivity contribution in [3.63, 3.8) is 0 Å². The number of ether oxygens (including phenoxy) is 1. The molecule has 6 nitrogen and oxygen atoms in total. The molecule has 0 aromatic heterocycles. The van der Waals surface area contributed by atoms with Gasteiger partial charge in [0.05, 0.1) is 13.2 Å². The van der Waals surface area contributed by atoms with Crippen LogP contribution in [0.4, 0.5) is 4.39 Å². The van der Waals surface area contributed by atoms with Crippen LogP contribution in [0.5, 0.6) is 0 Å². The molecule has 1 aromatic carbocycles. The summed E-state index contributed by atoms with van der Waals surface area (Å²) >= 11 is 0. The van der Waals surface area contributed by atoms with Crippen molar-refractivity contribution in [2.75, 3.05) is 72.1 Å². The fraction of sp³-hybridized carbons (Fsp3) is 0.720. The molecule has 3 aliphatic heterocycles. The maximum Gasteiger partial charge on any atom is 0.193 e. The number of hydrogen-bond donors (Lipinski definition) is 1. The Morgan fingerprint density at radius 3 is 2.53 bits per heavy atom. The zero-order valence-corrected chi connectivity index (χ0v) is 19.6. The van der Waals surface area contributed by atoms with Crippen LogP contribution in [0.2, 0.25) is 0 Å². The molecule has 0 amide bonds. The Morgan fingerprint density at radius 1 is 1.03 bits per heavy atom. The smallest absolute Gasteiger partial charge is 0.193 e. The van der Waals surface area contributed by atoms with E-state index >= 15 is 0 Å². The van der Waals surface area contributed by atoms with Crippen LogP contribution in [-0.2, 0) is 11.3 Å². The highest BCUT2D eigenvalue weighted by Gasteiger charge is 2.27. The van der Waals surface area contributed by atoms with Crippen molar-refractivity contribution < 1.29 is 9.13 Å². The summed E-state index contributed by atoms with van der Waals surface area (Å²) < 4.78 is 19.4. The third-order valence-electron chi connectivity index (χ3n) is 7.10. The molecule has 1 atom stereocenters. The molecule has 3 aliphatic rings. The average molecular weight is 446 g/mol. The predicted molar refractivity (Wildman–Crippen MR) is 127 cm³/mol. The topological polar surface area (TPSA) is 43.3 Å². The number of guanidine groups is 1. The van der Waals surface area contributed by atoms with Crippen molar-refractivity contribution in [3.8, 4) is 0 Å². The number of nitrogens with one attached hydrogen (secondary N) is 1. The maximum absolute atomic E-state index is 13.9. The Labute approximate surface area is 192 Å². The molecule has 0 bridgehead atoms. The quantitative estimate of drug-likeness (QED) is 0.516. The van der Waals surface area contributed by atoms with Gasteiger partial charge in [0, 0.05) is 57.9 Å². The van der Waals surface area contributed by atoms with Crippen molar-refractivity contribution in [1.82, 2.24) is 20.0 Å². The molecule has 1 unspecified atom stereocenters. The maximum atomic E-state index is 13.9. The van der Waals surface area contributed by atoms with E-state index in [1.807, 2.05) is 12.1 Å². The van der Waals surface area contributed by atoms with Gasteiger partial charge in [-0.3, -0.25) is 14.8 Å². The van der Waals surface area contributed by atoms with Crippen molar-refractivity contribution in [3.05, 3.63) is 35.6 Å². The first-order valence-corrected chi connectivity index (χ1v) is 12.5. The molecule has 4 rings (SSSR count). The van der Waals surface area contributed by atoms with Crippen LogP contribution >= 0.6 is 0 Å². The van der Waals surface area contributed by atoms with E-state index in [4.69, 9.17) is 9.73 Å². The SMILES string of the molecule is CCNC(=NCC1CCN(Cc2ccccc2F)CC1)N1CCC(CN2CCOCC2)C1. The molecule has 3 fully saturated rings. The Kier molecular flexibility index (Phi) is 8.77. The fourth-order valence-corrected chi connectivity index (χ4v) is 5.16. The lowest BCUT2D eigenvalue weighted by Gasteiger charge is -2.32. The van der Waals surface area contributed by atoms with E-state index in [0.29, 0.717) is 12.5 Å².